The summed E-state index contributed by atoms with van der Waals surface area (Å²) in [6.07, 6.45) is 5.19. The lowest BCUT2D eigenvalue weighted by molar-refractivity contribution is 0.0597. The summed E-state index contributed by atoms with van der Waals surface area (Å²) in [4.78, 5) is 19.9. The average molecular weight is 562 g/mol. The molecule has 0 spiro atoms. The number of ether oxygens (including phenoxy) is 1. The molecule has 3 N–H and O–H groups in total. The third-order valence-electron chi connectivity index (χ3n) is 5.73. The van der Waals surface area contributed by atoms with Gasteiger partial charge in [-0.1, -0.05) is 0 Å². The summed E-state index contributed by atoms with van der Waals surface area (Å²) >= 11 is 2.25. The number of fused-ring (bicyclic) bond motifs is 1. The maximum atomic E-state index is 13.5. The number of rotatable bonds is 4. The van der Waals surface area contributed by atoms with Crippen molar-refractivity contribution in [3.8, 4) is 0 Å². The van der Waals surface area contributed by atoms with Crippen LogP contribution in [0.25, 0.3) is 5.65 Å². The molecule has 1 fully saturated rings. The summed E-state index contributed by atoms with van der Waals surface area (Å²) in [6, 6.07) is 10.2. The van der Waals surface area contributed by atoms with E-state index in [1.165, 1.54) is 0 Å². The van der Waals surface area contributed by atoms with Gasteiger partial charge in [0.25, 0.3) is 0 Å². The van der Waals surface area contributed by atoms with Gasteiger partial charge in [-0.2, -0.15) is 9.61 Å². The van der Waals surface area contributed by atoms with Crippen LogP contribution in [0.1, 0.15) is 52.0 Å². The van der Waals surface area contributed by atoms with Gasteiger partial charge < -0.3 is 15.8 Å². The molecule has 8 nitrogen and oxygen atoms in total. The SMILES string of the molecule is Cc1c(NC2CCC(N)CC2)nc2ccnn2c1N(C(=O)OC(C)(C)C)c1ccc(I)cc1. The molecule has 0 aliphatic heterocycles. The number of nitrogens with two attached hydrogens (primary N) is 1. The minimum Gasteiger partial charge on any atom is -0.443 e. The normalized spacial score (nSPS) is 18.8. The number of carbonyl (C=O) groups excluding carboxylic acids is 1. The Hall–Kier alpha value is -2.40. The van der Waals surface area contributed by atoms with Crippen LogP contribution in [0.2, 0.25) is 0 Å². The van der Waals surface area contributed by atoms with E-state index in [1.54, 1.807) is 15.6 Å². The molecule has 1 aromatic carbocycles. The molecule has 1 aliphatic rings. The van der Waals surface area contributed by atoms with E-state index in [0.717, 1.165) is 40.6 Å². The standard InChI is InChI=1S/C24H31IN6O2/c1-15-21(28-18-9-7-17(26)8-10-18)29-20-13-14-27-31(20)22(15)30(23(32)33-24(2,3)4)19-11-5-16(25)6-12-19/h5-6,11-14,17-18H,7-10,26H2,1-4H3,(H,28,29). The van der Waals surface area contributed by atoms with Gasteiger partial charge in [-0.3, -0.25) is 0 Å². The molecule has 3 aromatic rings. The molecule has 0 radical (unpaired) electrons. The van der Waals surface area contributed by atoms with Crippen LogP contribution in [0.5, 0.6) is 0 Å². The van der Waals surface area contributed by atoms with E-state index >= 15 is 0 Å². The van der Waals surface area contributed by atoms with Gasteiger partial charge in [0.05, 0.1) is 11.9 Å². The van der Waals surface area contributed by atoms with E-state index in [2.05, 4.69) is 33.0 Å². The number of hydrogen-bond acceptors (Lipinski definition) is 6. The number of nitrogens with one attached hydrogen (secondary N) is 1. The Kier molecular flexibility index (Phi) is 6.81. The van der Waals surface area contributed by atoms with Crippen molar-refractivity contribution < 1.29 is 9.53 Å². The summed E-state index contributed by atoms with van der Waals surface area (Å²) < 4.78 is 8.58. The monoisotopic (exact) mass is 562 g/mol. The predicted octanol–water partition coefficient (Wildman–Crippen LogP) is 5.40. The number of aromatic nitrogens is 3. The Balaban J connectivity index is 1.82. The van der Waals surface area contributed by atoms with E-state index in [-0.39, 0.29) is 6.04 Å². The maximum absolute atomic E-state index is 13.5. The van der Waals surface area contributed by atoms with E-state index in [0.29, 0.717) is 23.2 Å². The van der Waals surface area contributed by atoms with Crippen LogP contribution in [-0.2, 0) is 4.74 Å². The lowest BCUT2D eigenvalue weighted by Gasteiger charge is -2.31. The lowest BCUT2D eigenvalue weighted by atomic mass is 9.92. The number of benzene rings is 1. The van der Waals surface area contributed by atoms with Crippen molar-refractivity contribution in [2.24, 2.45) is 5.73 Å². The van der Waals surface area contributed by atoms with Gasteiger partial charge in [0, 0.05) is 27.3 Å². The van der Waals surface area contributed by atoms with Crippen LogP contribution < -0.4 is 16.0 Å². The molecule has 2 heterocycles. The molecule has 1 saturated carbocycles. The fourth-order valence-corrected chi connectivity index (χ4v) is 4.44. The Morgan fingerprint density at radius 3 is 2.48 bits per heavy atom. The van der Waals surface area contributed by atoms with Crippen LogP contribution in [0, 0.1) is 10.5 Å². The summed E-state index contributed by atoms with van der Waals surface area (Å²) in [6.45, 7) is 7.55. The van der Waals surface area contributed by atoms with Gasteiger partial charge in [0.1, 0.15) is 11.4 Å². The van der Waals surface area contributed by atoms with Gasteiger partial charge in [0.2, 0.25) is 0 Å². The van der Waals surface area contributed by atoms with Gasteiger partial charge in [-0.25, -0.2) is 14.7 Å². The zero-order valence-corrected chi connectivity index (χ0v) is 21.7. The molecule has 176 valence electrons. The van der Waals surface area contributed by atoms with E-state index < -0.39 is 11.7 Å². The van der Waals surface area contributed by atoms with Gasteiger partial charge >= 0.3 is 6.09 Å². The third-order valence-corrected chi connectivity index (χ3v) is 6.44. The van der Waals surface area contributed by atoms with Crippen LogP contribution in [0.3, 0.4) is 0 Å². The van der Waals surface area contributed by atoms with Crippen LogP contribution in [-0.4, -0.2) is 38.4 Å². The predicted molar refractivity (Wildman–Crippen MR) is 139 cm³/mol. The second-order valence-corrected chi connectivity index (χ2v) is 10.8. The highest BCUT2D eigenvalue weighted by molar-refractivity contribution is 14.1. The number of amides is 1. The Morgan fingerprint density at radius 1 is 1.18 bits per heavy atom. The zero-order chi connectivity index (χ0) is 23.8. The Bertz CT molecular complexity index is 1130. The average Bonchev–Trinajstić information content (AvgIpc) is 3.20. The van der Waals surface area contributed by atoms with E-state index in [4.69, 9.17) is 15.5 Å². The topological polar surface area (TPSA) is 97.8 Å². The first-order valence-corrected chi connectivity index (χ1v) is 12.4. The summed E-state index contributed by atoms with van der Waals surface area (Å²) in [5.41, 5.74) is 7.62. The van der Waals surface area contributed by atoms with E-state index in [9.17, 15) is 4.79 Å². The van der Waals surface area contributed by atoms with Crippen molar-refractivity contribution in [2.75, 3.05) is 10.2 Å². The highest BCUT2D eigenvalue weighted by Gasteiger charge is 2.30. The van der Waals surface area contributed by atoms with E-state index in [1.807, 2.05) is 58.0 Å². The van der Waals surface area contributed by atoms with Crippen molar-refractivity contribution in [1.29, 1.82) is 0 Å². The molecule has 9 heteroatoms. The fourth-order valence-electron chi connectivity index (χ4n) is 4.08. The Labute approximate surface area is 208 Å². The smallest absolute Gasteiger partial charge is 0.420 e. The lowest BCUT2D eigenvalue weighted by Crippen LogP contribution is -2.36. The van der Waals surface area contributed by atoms with Crippen molar-refractivity contribution in [3.63, 3.8) is 0 Å². The van der Waals surface area contributed by atoms with Crippen molar-refractivity contribution >= 4 is 51.7 Å². The Morgan fingerprint density at radius 2 is 1.85 bits per heavy atom. The molecular weight excluding hydrogens is 531 g/mol. The molecule has 4 rings (SSSR count). The second-order valence-electron chi connectivity index (χ2n) is 9.56. The maximum Gasteiger partial charge on any atom is 0.420 e. The third kappa shape index (κ3) is 5.40. The highest BCUT2D eigenvalue weighted by Crippen LogP contribution is 2.35. The summed E-state index contributed by atoms with van der Waals surface area (Å²) in [5.74, 6) is 1.35. The molecule has 0 atom stereocenters. The minimum absolute atomic E-state index is 0.272. The number of hydrogen-bond donors (Lipinski definition) is 2. The minimum atomic E-state index is -0.648. The zero-order valence-electron chi connectivity index (χ0n) is 19.5. The number of carbonyl (C=O) groups is 1. The van der Waals surface area contributed by atoms with Gasteiger partial charge in [-0.15, -0.1) is 0 Å². The first-order chi connectivity index (χ1) is 15.6. The number of nitrogens with zero attached hydrogens (tertiary/aromatic N) is 4. The molecule has 1 aliphatic carbocycles. The molecular formula is C24H31IN6O2. The molecule has 0 bridgehead atoms. The van der Waals surface area contributed by atoms with Crippen LogP contribution in [0.4, 0.5) is 22.1 Å². The highest BCUT2D eigenvalue weighted by atomic mass is 127. The molecule has 1 amide bonds. The fraction of sp³-hybridized carbons (Fsp3) is 0.458. The molecule has 0 saturated heterocycles. The molecule has 2 aromatic heterocycles. The van der Waals surface area contributed by atoms with Crippen LogP contribution >= 0.6 is 22.6 Å². The van der Waals surface area contributed by atoms with Crippen molar-refractivity contribution in [1.82, 2.24) is 14.6 Å². The second kappa shape index (κ2) is 9.46. The van der Waals surface area contributed by atoms with Gasteiger partial charge in [-0.05, 0) is 100 Å². The quantitative estimate of drug-likeness (QED) is 0.414. The largest absolute Gasteiger partial charge is 0.443 e. The summed E-state index contributed by atoms with van der Waals surface area (Å²) in [5, 5.41) is 8.09. The van der Waals surface area contributed by atoms with Crippen molar-refractivity contribution in [2.45, 2.75) is 71.1 Å². The van der Waals surface area contributed by atoms with Gasteiger partial charge in [0.15, 0.2) is 11.5 Å². The summed E-state index contributed by atoms with van der Waals surface area (Å²) in [7, 11) is 0. The number of anilines is 3. The van der Waals surface area contributed by atoms with Crippen molar-refractivity contribution in [3.05, 3.63) is 45.7 Å². The first kappa shape index (κ1) is 23.7. The molecule has 33 heavy (non-hydrogen) atoms. The number of halogens is 1. The first-order valence-electron chi connectivity index (χ1n) is 11.3. The molecule has 0 unspecified atom stereocenters. The van der Waals surface area contributed by atoms with Crippen LogP contribution in [0.15, 0.2) is 36.5 Å².